The van der Waals surface area contributed by atoms with E-state index in [0.717, 1.165) is 29.7 Å². The molecule has 0 aromatic heterocycles. The summed E-state index contributed by atoms with van der Waals surface area (Å²) in [4.78, 5) is 29.8. The predicted molar refractivity (Wildman–Crippen MR) is 141 cm³/mol. The molecule has 1 atom stereocenters. The Balaban J connectivity index is 2.03. The molecular formula is C29H36N2O5. The number of ether oxygens (including phenoxy) is 2. The first-order valence-electron chi connectivity index (χ1n) is 12.3. The van der Waals surface area contributed by atoms with E-state index in [1.165, 1.54) is 4.90 Å². The van der Waals surface area contributed by atoms with Crippen LogP contribution in [0.25, 0.3) is 5.76 Å². The number of aliphatic hydroxyl groups excluding tert-OH is 1. The fourth-order valence-electron chi connectivity index (χ4n) is 4.11. The van der Waals surface area contributed by atoms with E-state index < -0.39 is 17.7 Å². The summed E-state index contributed by atoms with van der Waals surface area (Å²) < 4.78 is 11.4. The summed E-state index contributed by atoms with van der Waals surface area (Å²) in [5.74, 6) is -0.118. The molecular weight excluding hydrogens is 456 g/mol. The van der Waals surface area contributed by atoms with Crippen LogP contribution >= 0.6 is 0 Å². The van der Waals surface area contributed by atoms with Crippen LogP contribution in [0.4, 0.5) is 0 Å². The largest absolute Gasteiger partial charge is 0.507 e. The van der Waals surface area contributed by atoms with E-state index in [9.17, 15) is 14.7 Å². The number of ketones is 1. The second-order valence-corrected chi connectivity index (χ2v) is 9.15. The third-order valence-corrected chi connectivity index (χ3v) is 6.10. The fraction of sp³-hybridized carbons (Fsp3) is 0.379. The van der Waals surface area contributed by atoms with Crippen molar-refractivity contribution < 1.29 is 24.2 Å². The maximum Gasteiger partial charge on any atom is 0.295 e. The van der Waals surface area contributed by atoms with E-state index in [2.05, 4.69) is 13.5 Å². The molecule has 0 radical (unpaired) electrons. The second-order valence-electron chi connectivity index (χ2n) is 9.15. The minimum Gasteiger partial charge on any atom is -0.507 e. The topological polar surface area (TPSA) is 79.3 Å². The molecule has 7 heteroatoms. The van der Waals surface area contributed by atoms with Crippen molar-refractivity contribution in [2.24, 2.45) is 0 Å². The lowest BCUT2D eigenvalue weighted by molar-refractivity contribution is -0.140. The van der Waals surface area contributed by atoms with Gasteiger partial charge in [0.2, 0.25) is 0 Å². The number of hydrogen-bond acceptors (Lipinski definition) is 6. The standard InChI is InChI=1S/C29H36N2O5/c1-6-8-18-36-24-14-11-22(19-20(24)3)27(32)25-26(21-9-12-23(13-10-21)35-17-7-2)31(16-15-30(4)5)29(34)28(25)33/h7,9-14,19,26,32H,2,6,8,15-18H2,1,3-5H3/b27-25+. The number of aliphatic hydroxyl groups is 1. The highest BCUT2D eigenvalue weighted by Crippen LogP contribution is 2.40. The Morgan fingerprint density at radius 2 is 1.86 bits per heavy atom. The van der Waals surface area contributed by atoms with Crippen LogP contribution in [0.3, 0.4) is 0 Å². The van der Waals surface area contributed by atoms with Gasteiger partial charge in [-0.05, 0) is 68.9 Å². The van der Waals surface area contributed by atoms with Gasteiger partial charge in [-0.2, -0.15) is 0 Å². The molecule has 1 saturated heterocycles. The summed E-state index contributed by atoms with van der Waals surface area (Å²) in [5.41, 5.74) is 2.11. The highest BCUT2D eigenvalue weighted by atomic mass is 16.5. The van der Waals surface area contributed by atoms with Crippen molar-refractivity contribution in [3.05, 3.63) is 77.4 Å². The van der Waals surface area contributed by atoms with Gasteiger partial charge in [0, 0.05) is 18.7 Å². The fourth-order valence-corrected chi connectivity index (χ4v) is 4.11. The Bertz CT molecular complexity index is 1120. The summed E-state index contributed by atoms with van der Waals surface area (Å²) in [6.07, 6.45) is 3.65. The van der Waals surface area contributed by atoms with Crippen LogP contribution in [0.2, 0.25) is 0 Å². The maximum atomic E-state index is 13.2. The number of likely N-dealkylation sites (tertiary alicyclic amines) is 1. The number of unbranched alkanes of at least 4 members (excludes halogenated alkanes) is 1. The number of Topliss-reactive ketones (excluding diaryl/α,β-unsaturated/α-hetero) is 1. The number of nitrogens with zero attached hydrogens (tertiary/aromatic N) is 2. The molecule has 1 heterocycles. The number of rotatable bonds is 12. The van der Waals surface area contributed by atoms with Crippen LogP contribution in [0.5, 0.6) is 11.5 Å². The number of amides is 1. The lowest BCUT2D eigenvalue weighted by atomic mass is 9.94. The number of carbonyl (C=O) groups is 2. The molecule has 1 fully saturated rings. The Morgan fingerprint density at radius 1 is 1.14 bits per heavy atom. The second kappa shape index (κ2) is 12.4. The third-order valence-electron chi connectivity index (χ3n) is 6.10. The molecule has 2 aromatic carbocycles. The van der Waals surface area contributed by atoms with Crippen LogP contribution in [-0.2, 0) is 9.59 Å². The van der Waals surface area contributed by atoms with Gasteiger partial charge in [-0.3, -0.25) is 9.59 Å². The van der Waals surface area contributed by atoms with Gasteiger partial charge in [0.05, 0.1) is 18.2 Å². The van der Waals surface area contributed by atoms with Crippen LogP contribution < -0.4 is 9.47 Å². The minimum atomic E-state index is -0.709. The zero-order chi connectivity index (χ0) is 26.2. The molecule has 0 saturated carbocycles. The molecule has 1 aliphatic heterocycles. The van der Waals surface area contributed by atoms with Crippen molar-refractivity contribution in [1.29, 1.82) is 0 Å². The molecule has 36 heavy (non-hydrogen) atoms. The highest BCUT2D eigenvalue weighted by Gasteiger charge is 2.45. The van der Waals surface area contributed by atoms with E-state index >= 15 is 0 Å². The first-order valence-corrected chi connectivity index (χ1v) is 12.3. The van der Waals surface area contributed by atoms with Crippen molar-refractivity contribution >= 4 is 17.4 Å². The number of carbonyl (C=O) groups excluding carboxylic acids is 2. The normalized spacial score (nSPS) is 17.0. The SMILES string of the molecule is C=CCOc1ccc(C2/C(=C(\O)c3ccc(OCCCC)c(C)c3)C(=O)C(=O)N2CCN(C)C)cc1. The first kappa shape index (κ1) is 27.0. The van der Waals surface area contributed by atoms with Crippen molar-refractivity contribution in [3.8, 4) is 11.5 Å². The lowest BCUT2D eigenvalue weighted by Crippen LogP contribution is -2.35. The summed E-state index contributed by atoms with van der Waals surface area (Å²) in [6, 6.07) is 11.8. The van der Waals surface area contributed by atoms with Crippen LogP contribution in [0.15, 0.2) is 60.7 Å². The minimum absolute atomic E-state index is 0.0811. The van der Waals surface area contributed by atoms with Crippen LogP contribution in [-0.4, -0.2) is 67.0 Å². The van der Waals surface area contributed by atoms with E-state index in [-0.39, 0.29) is 11.3 Å². The Hall–Kier alpha value is -3.58. The summed E-state index contributed by atoms with van der Waals surface area (Å²) in [5, 5.41) is 11.3. The predicted octanol–water partition coefficient (Wildman–Crippen LogP) is 4.72. The molecule has 0 aliphatic carbocycles. The van der Waals surface area contributed by atoms with Gasteiger partial charge >= 0.3 is 0 Å². The lowest BCUT2D eigenvalue weighted by Gasteiger charge is -2.26. The number of likely N-dealkylation sites (N-methyl/N-ethyl adjacent to an activating group) is 1. The average molecular weight is 493 g/mol. The molecule has 7 nitrogen and oxygen atoms in total. The maximum absolute atomic E-state index is 13.2. The Kier molecular flexibility index (Phi) is 9.31. The third kappa shape index (κ3) is 6.15. The summed E-state index contributed by atoms with van der Waals surface area (Å²) >= 11 is 0. The van der Waals surface area contributed by atoms with Gasteiger partial charge in [0.15, 0.2) is 0 Å². The molecule has 1 amide bonds. The Morgan fingerprint density at radius 3 is 2.47 bits per heavy atom. The molecule has 192 valence electrons. The van der Waals surface area contributed by atoms with Gasteiger partial charge in [-0.15, -0.1) is 0 Å². The summed E-state index contributed by atoms with van der Waals surface area (Å²) in [6.45, 7) is 9.56. The van der Waals surface area contributed by atoms with Gasteiger partial charge in [-0.1, -0.05) is 38.1 Å². The molecule has 1 aliphatic rings. The molecule has 0 bridgehead atoms. The van der Waals surface area contributed by atoms with Crippen molar-refractivity contribution in [2.45, 2.75) is 32.7 Å². The molecule has 3 rings (SSSR count). The Labute approximate surface area is 213 Å². The quantitative estimate of drug-likeness (QED) is 0.152. The van der Waals surface area contributed by atoms with Crippen molar-refractivity contribution in [1.82, 2.24) is 9.80 Å². The van der Waals surface area contributed by atoms with E-state index in [0.29, 0.717) is 37.6 Å². The number of hydrogen-bond donors (Lipinski definition) is 1. The van der Waals surface area contributed by atoms with Crippen LogP contribution in [0.1, 0.15) is 42.5 Å². The van der Waals surface area contributed by atoms with E-state index in [1.54, 1.807) is 36.4 Å². The number of benzene rings is 2. The molecule has 2 aromatic rings. The van der Waals surface area contributed by atoms with Gasteiger partial charge in [-0.25, -0.2) is 0 Å². The van der Waals surface area contributed by atoms with E-state index in [1.807, 2.05) is 38.1 Å². The van der Waals surface area contributed by atoms with Crippen LogP contribution in [0, 0.1) is 6.92 Å². The molecule has 1 N–H and O–H groups in total. The smallest absolute Gasteiger partial charge is 0.295 e. The van der Waals surface area contributed by atoms with Crippen molar-refractivity contribution in [2.75, 3.05) is 40.4 Å². The zero-order valence-corrected chi connectivity index (χ0v) is 21.6. The molecule has 0 spiro atoms. The zero-order valence-electron chi connectivity index (χ0n) is 21.6. The van der Waals surface area contributed by atoms with Gasteiger partial charge < -0.3 is 24.4 Å². The first-order chi connectivity index (χ1) is 17.3. The average Bonchev–Trinajstić information content (AvgIpc) is 3.12. The monoisotopic (exact) mass is 492 g/mol. The highest BCUT2D eigenvalue weighted by molar-refractivity contribution is 6.46. The summed E-state index contributed by atoms with van der Waals surface area (Å²) in [7, 11) is 3.81. The van der Waals surface area contributed by atoms with Crippen molar-refractivity contribution in [3.63, 3.8) is 0 Å². The molecule has 1 unspecified atom stereocenters. The van der Waals surface area contributed by atoms with Gasteiger partial charge in [0.1, 0.15) is 23.9 Å². The van der Waals surface area contributed by atoms with E-state index in [4.69, 9.17) is 9.47 Å². The number of aryl methyl sites for hydroxylation is 1. The van der Waals surface area contributed by atoms with Gasteiger partial charge in [0.25, 0.3) is 11.7 Å².